The van der Waals surface area contributed by atoms with Crippen LogP contribution in [0.2, 0.25) is 0 Å². The summed E-state index contributed by atoms with van der Waals surface area (Å²) in [5.74, 6) is 1.06. The van der Waals surface area contributed by atoms with E-state index in [0.717, 1.165) is 23.4 Å². The Morgan fingerprint density at radius 3 is 2.76 bits per heavy atom. The lowest BCUT2D eigenvalue weighted by atomic mass is 9.88. The molecular formula is C27H27N7O4. The van der Waals surface area contributed by atoms with Gasteiger partial charge in [-0.05, 0) is 24.1 Å². The van der Waals surface area contributed by atoms with Crippen LogP contribution in [0.3, 0.4) is 0 Å². The molecule has 2 N–H and O–H groups in total. The highest BCUT2D eigenvalue weighted by molar-refractivity contribution is 6.07. The van der Waals surface area contributed by atoms with E-state index in [2.05, 4.69) is 36.8 Å². The average Bonchev–Trinajstić information content (AvgIpc) is 3.39. The number of nitrogens with one attached hydrogen (secondary N) is 2. The molecule has 2 aliphatic heterocycles. The molecule has 1 aliphatic carbocycles. The smallest absolute Gasteiger partial charge is 0.317 e. The number of anilines is 2. The Bertz CT molecular complexity index is 1410. The van der Waals surface area contributed by atoms with E-state index in [-0.39, 0.29) is 23.7 Å². The van der Waals surface area contributed by atoms with Gasteiger partial charge in [0.25, 0.3) is 11.8 Å². The maximum atomic E-state index is 13.2. The molecule has 1 amide bonds. The lowest BCUT2D eigenvalue weighted by Crippen LogP contribution is -2.37. The third-order valence-corrected chi connectivity index (χ3v) is 6.63. The van der Waals surface area contributed by atoms with Crippen molar-refractivity contribution in [2.75, 3.05) is 43.6 Å². The van der Waals surface area contributed by atoms with Crippen molar-refractivity contribution in [3.63, 3.8) is 0 Å². The second kappa shape index (κ2) is 10.5. The van der Waals surface area contributed by atoms with Crippen LogP contribution in [0.5, 0.6) is 5.88 Å². The minimum atomic E-state index is -0.960. The fraction of sp³-hybridized carbons (Fsp3) is 0.296. The summed E-state index contributed by atoms with van der Waals surface area (Å²) in [4.78, 5) is 24.7. The first-order valence-electron chi connectivity index (χ1n) is 12.5. The Morgan fingerprint density at radius 1 is 1.11 bits per heavy atom. The van der Waals surface area contributed by atoms with Crippen LogP contribution in [0.25, 0.3) is 11.5 Å². The van der Waals surface area contributed by atoms with Gasteiger partial charge in [0, 0.05) is 30.8 Å². The summed E-state index contributed by atoms with van der Waals surface area (Å²) in [5.41, 5.74) is 3.24. The molecule has 1 aromatic carbocycles. The zero-order chi connectivity index (χ0) is 25.9. The number of methoxy groups -OCH3 is 1. The summed E-state index contributed by atoms with van der Waals surface area (Å²) in [6.07, 6.45) is 5.72. The molecule has 0 saturated carbocycles. The van der Waals surface area contributed by atoms with E-state index >= 15 is 0 Å². The number of benzene rings is 1. The number of carbonyl (C=O) groups excluding carboxylic acids is 1. The monoisotopic (exact) mass is 513 g/mol. The zero-order valence-corrected chi connectivity index (χ0v) is 20.8. The number of rotatable bonds is 6. The zero-order valence-electron chi connectivity index (χ0n) is 20.8. The fourth-order valence-electron chi connectivity index (χ4n) is 4.73. The number of ether oxygens (including phenoxy) is 2. The predicted molar refractivity (Wildman–Crippen MR) is 141 cm³/mol. The topological polar surface area (TPSA) is 127 Å². The van der Waals surface area contributed by atoms with Crippen molar-refractivity contribution in [2.24, 2.45) is 10.9 Å². The Hall–Kier alpha value is -4.51. The number of pyridine rings is 1. The van der Waals surface area contributed by atoms with Crippen molar-refractivity contribution in [3.8, 4) is 17.3 Å². The Balaban J connectivity index is 1.31. The highest BCUT2D eigenvalue weighted by Crippen LogP contribution is 2.32. The van der Waals surface area contributed by atoms with E-state index < -0.39 is 6.17 Å². The number of aromatic nitrogens is 3. The SMILES string of the molecule is COc1ccc(-c2nnc(N[C@H]3N=C(c4ccccc4)C4CC=CC=C4NC3=O)o2)c(N2CCOCC2)n1. The summed E-state index contributed by atoms with van der Waals surface area (Å²) >= 11 is 0. The van der Waals surface area contributed by atoms with Crippen molar-refractivity contribution < 1.29 is 18.7 Å². The van der Waals surface area contributed by atoms with Crippen molar-refractivity contribution in [3.05, 3.63) is 72.0 Å². The van der Waals surface area contributed by atoms with Crippen LogP contribution in [0.1, 0.15) is 12.0 Å². The number of hydrogen-bond donors (Lipinski definition) is 2. The van der Waals surface area contributed by atoms with Gasteiger partial charge in [0.2, 0.25) is 12.0 Å². The summed E-state index contributed by atoms with van der Waals surface area (Å²) in [6.45, 7) is 2.55. The third kappa shape index (κ3) is 4.75. The van der Waals surface area contributed by atoms with Gasteiger partial charge in [-0.3, -0.25) is 9.79 Å². The molecule has 1 saturated heterocycles. The van der Waals surface area contributed by atoms with E-state index in [1.54, 1.807) is 13.2 Å². The fourth-order valence-corrected chi connectivity index (χ4v) is 4.73. The van der Waals surface area contributed by atoms with Gasteiger partial charge in [0.15, 0.2) is 0 Å². The van der Waals surface area contributed by atoms with Gasteiger partial charge >= 0.3 is 6.01 Å². The molecule has 1 fully saturated rings. The van der Waals surface area contributed by atoms with Crippen LogP contribution in [0.15, 0.2) is 75.8 Å². The minimum Gasteiger partial charge on any atom is -0.481 e. The summed E-state index contributed by atoms with van der Waals surface area (Å²) in [5, 5.41) is 14.4. The van der Waals surface area contributed by atoms with Gasteiger partial charge in [-0.15, -0.1) is 5.10 Å². The first-order valence-corrected chi connectivity index (χ1v) is 12.5. The molecule has 2 atom stereocenters. The van der Waals surface area contributed by atoms with E-state index in [4.69, 9.17) is 18.9 Å². The molecule has 0 bridgehead atoms. The lowest BCUT2D eigenvalue weighted by molar-refractivity contribution is -0.121. The molecule has 2 aromatic heterocycles. The molecule has 11 nitrogen and oxygen atoms in total. The number of nitrogens with zero attached hydrogens (tertiary/aromatic N) is 5. The Morgan fingerprint density at radius 2 is 1.95 bits per heavy atom. The maximum absolute atomic E-state index is 13.2. The van der Waals surface area contributed by atoms with E-state index in [9.17, 15) is 4.79 Å². The predicted octanol–water partition coefficient (Wildman–Crippen LogP) is 2.79. The molecule has 38 heavy (non-hydrogen) atoms. The quantitative estimate of drug-likeness (QED) is 0.511. The van der Waals surface area contributed by atoms with Gasteiger partial charge in [0.05, 0.1) is 31.6 Å². The average molecular weight is 514 g/mol. The first-order chi connectivity index (χ1) is 18.7. The van der Waals surface area contributed by atoms with Crippen LogP contribution in [0.4, 0.5) is 11.8 Å². The number of fused-ring (bicyclic) bond motifs is 1. The van der Waals surface area contributed by atoms with Crippen LogP contribution in [-0.2, 0) is 9.53 Å². The Kier molecular flexibility index (Phi) is 6.57. The van der Waals surface area contributed by atoms with E-state index in [1.165, 1.54) is 0 Å². The highest BCUT2D eigenvalue weighted by Gasteiger charge is 2.32. The van der Waals surface area contributed by atoms with E-state index in [1.807, 2.05) is 48.6 Å². The number of morpholine rings is 1. The van der Waals surface area contributed by atoms with Crippen molar-refractivity contribution in [2.45, 2.75) is 12.6 Å². The molecule has 0 spiro atoms. The van der Waals surface area contributed by atoms with Crippen molar-refractivity contribution in [1.82, 2.24) is 20.5 Å². The molecule has 11 heteroatoms. The Labute approximate surface area is 219 Å². The molecule has 3 aromatic rings. The molecule has 3 aliphatic rings. The van der Waals surface area contributed by atoms with Crippen LogP contribution >= 0.6 is 0 Å². The van der Waals surface area contributed by atoms with Crippen LogP contribution < -0.4 is 20.3 Å². The van der Waals surface area contributed by atoms with E-state index in [0.29, 0.717) is 43.6 Å². The second-order valence-corrected chi connectivity index (χ2v) is 8.99. The van der Waals surface area contributed by atoms with Crippen molar-refractivity contribution >= 4 is 23.5 Å². The van der Waals surface area contributed by atoms with Gasteiger partial charge in [0.1, 0.15) is 5.82 Å². The minimum absolute atomic E-state index is 0.0575. The number of aliphatic imine (C=N–C) groups is 1. The molecule has 6 rings (SSSR count). The number of hydrogen-bond acceptors (Lipinski definition) is 10. The first kappa shape index (κ1) is 23.9. The molecule has 0 radical (unpaired) electrons. The number of amides is 1. The van der Waals surface area contributed by atoms with Crippen LogP contribution in [-0.4, -0.2) is 66.4 Å². The van der Waals surface area contributed by atoms with Crippen molar-refractivity contribution in [1.29, 1.82) is 0 Å². The molecule has 194 valence electrons. The highest BCUT2D eigenvalue weighted by atomic mass is 16.5. The van der Waals surface area contributed by atoms with Gasteiger partial charge in [-0.2, -0.15) is 4.98 Å². The maximum Gasteiger partial charge on any atom is 0.317 e. The number of allylic oxidation sites excluding steroid dienone is 4. The summed E-state index contributed by atoms with van der Waals surface area (Å²) in [6, 6.07) is 13.5. The number of carbonyl (C=O) groups is 1. The molecule has 4 heterocycles. The largest absolute Gasteiger partial charge is 0.481 e. The summed E-state index contributed by atoms with van der Waals surface area (Å²) < 4.78 is 16.8. The normalized spacial score (nSPS) is 21.1. The lowest BCUT2D eigenvalue weighted by Gasteiger charge is -2.29. The molecular weight excluding hydrogens is 486 g/mol. The third-order valence-electron chi connectivity index (χ3n) is 6.63. The summed E-state index contributed by atoms with van der Waals surface area (Å²) in [7, 11) is 1.57. The second-order valence-electron chi connectivity index (χ2n) is 8.99. The van der Waals surface area contributed by atoms with Gasteiger partial charge in [-0.25, -0.2) is 0 Å². The standard InChI is InChI=1S/C27H27N7O4/c1-36-21-12-11-19(24(29-21)34-13-15-37-16-14-34)26-32-33-27(38-26)31-23-25(35)28-20-10-6-5-9-18(20)22(30-23)17-7-3-2-4-8-17/h2-8,10-12,18,23H,9,13-16H2,1H3,(H,28,35)(H,31,33)/t18?,23-/m1/s1. The van der Waals surface area contributed by atoms with Gasteiger partial charge in [-0.1, -0.05) is 47.6 Å². The molecule has 1 unspecified atom stereocenters. The van der Waals surface area contributed by atoms with Gasteiger partial charge < -0.3 is 29.4 Å². The van der Waals surface area contributed by atoms with Crippen LogP contribution in [0, 0.1) is 5.92 Å².